The first-order chi connectivity index (χ1) is 12.0. The number of aromatic nitrogens is 3. The summed E-state index contributed by atoms with van der Waals surface area (Å²) < 4.78 is 2.01. The van der Waals surface area contributed by atoms with Gasteiger partial charge in [0.05, 0.1) is 11.4 Å². The summed E-state index contributed by atoms with van der Waals surface area (Å²) in [5.41, 5.74) is 2.86. The number of anilines is 1. The number of nitrogens with one attached hydrogen (secondary N) is 1. The summed E-state index contributed by atoms with van der Waals surface area (Å²) in [6, 6.07) is 9.01. The molecule has 5 nitrogen and oxygen atoms in total. The molecule has 0 radical (unpaired) electrons. The number of benzene rings is 1. The van der Waals surface area contributed by atoms with Crippen LogP contribution in [0.4, 0.5) is 5.69 Å². The number of halogens is 2. The molecule has 1 aromatic carbocycles. The fourth-order valence-electron chi connectivity index (χ4n) is 2.82. The zero-order valence-corrected chi connectivity index (χ0v) is 15.4. The molecular weight excluding hydrogens is 379 g/mol. The van der Waals surface area contributed by atoms with Crippen LogP contribution in [0.3, 0.4) is 0 Å². The van der Waals surface area contributed by atoms with Gasteiger partial charge in [0.15, 0.2) is 5.69 Å². The predicted molar refractivity (Wildman–Crippen MR) is 100 cm³/mol. The van der Waals surface area contributed by atoms with E-state index in [1.165, 1.54) is 0 Å². The van der Waals surface area contributed by atoms with Crippen LogP contribution in [0.5, 0.6) is 0 Å². The molecule has 0 spiro atoms. The van der Waals surface area contributed by atoms with Crippen molar-refractivity contribution in [3.8, 4) is 5.69 Å². The molecule has 0 fully saturated rings. The van der Waals surface area contributed by atoms with E-state index in [1.807, 2.05) is 29.7 Å². The molecule has 0 bridgehead atoms. The third kappa shape index (κ3) is 3.01. The van der Waals surface area contributed by atoms with Crippen LogP contribution in [0.1, 0.15) is 22.0 Å². The molecular formula is C17H12Cl2N4OS. The zero-order valence-electron chi connectivity index (χ0n) is 13.1. The summed E-state index contributed by atoms with van der Waals surface area (Å²) in [5.74, 6) is 1.14. The minimum absolute atomic E-state index is 0.267. The van der Waals surface area contributed by atoms with Gasteiger partial charge in [-0.15, -0.1) is 11.8 Å². The smallest absolute Gasteiger partial charge is 0.276 e. The first-order valence-corrected chi connectivity index (χ1v) is 9.21. The molecule has 1 amide bonds. The fourth-order valence-corrected chi connectivity index (χ4v) is 4.30. The quantitative estimate of drug-likeness (QED) is 0.641. The van der Waals surface area contributed by atoms with Gasteiger partial charge in [-0.3, -0.25) is 9.36 Å². The van der Waals surface area contributed by atoms with Crippen molar-refractivity contribution < 1.29 is 4.79 Å². The van der Waals surface area contributed by atoms with Gasteiger partial charge in [-0.2, -0.15) is 0 Å². The number of carbonyl (C=O) groups is 1. The van der Waals surface area contributed by atoms with Crippen molar-refractivity contribution in [3.63, 3.8) is 0 Å². The number of aryl methyl sites for hydroxylation is 1. The largest absolute Gasteiger partial charge is 0.320 e. The van der Waals surface area contributed by atoms with Gasteiger partial charge in [0.1, 0.15) is 11.0 Å². The van der Waals surface area contributed by atoms with Crippen LogP contribution in [0.15, 0.2) is 41.4 Å². The molecule has 4 rings (SSSR count). The summed E-state index contributed by atoms with van der Waals surface area (Å²) in [7, 11) is 0. The lowest BCUT2D eigenvalue weighted by molar-refractivity contribution is 0.102. The van der Waals surface area contributed by atoms with E-state index in [0.29, 0.717) is 27.3 Å². The number of rotatable bonds is 2. The van der Waals surface area contributed by atoms with Crippen LogP contribution in [-0.2, 0) is 5.75 Å². The first kappa shape index (κ1) is 16.4. The molecule has 0 saturated carbocycles. The minimum atomic E-state index is -0.267. The van der Waals surface area contributed by atoms with Crippen LogP contribution in [-0.4, -0.2) is 20.4 Å². The van der Waals surface area contributed by atoms with Crippen molar-refractivity contribution in [2.45, 2.75) is 17.6 Å². The molecule has 3 heterocycles. The number of pyridine rings is 1. The van der Waals surface area contributed by atoms with Crippen molar-refractivity contribution in [2.75, 3.05) is 5.32 Å². The maximum atomic E-state index is 12.7. The van der Waals surface area contributed by atoms with E-state index in [4.69, 9.17) is 23.2 Å². The topological polar surface area (TPSA) is 59.8 Å². The molecule has 3 aromatic rings. The Labute approximate surface area is 158 Å². The minimum Gasteiger partial charge on any atom is -0.320 e. The number of fused-ring (bicyclic) bond motifs is 3. The van der Waals surface area contributed by atoms with Gasteiger partial charge in [-0.1, -0.05) is 23.2 Å². The van der Waals surface area contributed by atoms with Gasteiger partial charge in [0, 0.05) is 27.6 Å². The van der Waals surface area contributed by atoms with Crippen molar-refractivity contribution in [1.82, 2.24) is 14.5 Å². The van der Waals surface area contributed by atoms with Crippen LogP contribution in [0.25, 0.3) is 5.69 Å². The number of thioether (sulfide) groups is 1. The van der Waals surface area contributed by atoms with Gasteiger partial charge in [0.25, 0.3) is 5.91 Å². The molecule has 0 saturated heterocycles. The van der Waals surface area contributed by atoms with E-state index >= 15 is 0 Å². The Morgan fingerprint density at radius 2 is 2.12 bits per heavy atom. The van der Waals surface area contributed by atoms with Crippen molar-refractivity contribution in [3.05, 3.63) is 63.9 Å². The number of amides is 1. The van der Waals surface area contributed by atoms with Crippen LogP contribution < -0.4 is 5.32 Å². The number of hydrogen-bond donors (Lipinski definition) is 1. The second-order valence-electron chi connectivity index (χ2n) is 5.51. The van der Waals surface area contributed by atoms with Crippen molar-refractivity contribution in [1.29, 1.82) is 0 Å². The standard InChI is InChI=1S/C17H12Cl2N4OS/c1-9-21-16(17(24)22-11-4-5-20-15(19)7-11)13-8-25-14-6-10(18)2-3-12(14)23(9)13/h2-7H,8H2,1H3,(H,20,22,24). The molecule has 0 atom stereocenters. The Morgan fingerprint density at radius 1 is 1.28 bits per heavy atom. The highest BCUT2D eigenvalue weighted by Gasteiger charge is 2.26. The van der Waals surface area contributed by atoms with E-state index in [-0.39, 0.29) is 5.91 Å². The number of hydrogen-bond acceptors (Lipinski definition) is 4. The van der Waals surface area contributed by atoms with Gasteiger partial charge in [-0.05, 0) is 37.3 Å². The lowest BCUT2D eigenvalue weighted by atomic mass is 10.2. The normalized spacial score (nSPS) is 12.4. The molecule has 126 valence electrons. The van der Waals surface area contributed by atoms with E-state index < -0.39 is 0 Å². The second-order valence-corrected chi connectivity index (χ2v) is 7.35. The van der Waals surface area contributed by atoms with E-state index in [9.17, 15) is 4.79 Å². The SMILES string of the molecule is Cc1nc(C(=O)Nc2ccnc(Cl)c2)c2n1-c1ccc(Cl)cc1SC2. The average molecular weight is 391 g/mol. The molecule has 25 heavy (non-hydrogen) atoms. The maximum Gasteiger partial charge on any atom is 0.276 e. The van der Waals surface area contributed by atoms with Crippen LogP contribution in [0.2, 0.25) is 10.2 Å². The van der Waals surface area contributed by atoms with E-state index in [1.54, 1.807) is 30.1 Å². The van der Waals surface area contributed by atoms with Crippen molar-refractivity contribution >= 4 is 46.6 Å². The van der Waals surface area contributed by atoms with E-state index in [2.05, 4.69) is 15.3 Å². The summed E-state index contributed by atoms with van der Waals surface area (Å²) in [4.78, 5) is 22.2. The summed E-state index contributed by atoms with van der Waals surface area (Å²) >= 11 is 13.6. The average Bonchev–Trinajstić information content (AvgIpc) is 2.92. The fraction of sp³-hybridized carbons (Fsp3) is 0.118. The van der Waals surface area contributed by atoms with Gasteiger partial charge in [-0.25, -0.2) is 9.97 Å². The Bertz CT molecular complexity index is 1000. The summed E-state index contributed by atoms with van der Waals surface area (Å²) in [5, 5.41) is 3.84. The van der Waals surface area contributed by atoms with E-state index in [0.717, 1.165) is 22.1 Å². The highest BCUT2D eigenvalue weighted by molar-refractivity contribution is 7.98. The molecule has 1 N–H and O–H groups in total. The Balaban J connectivity index is 1.73. The van der Waals surface area contributed by atoms with Crippen LogP contribution in [0, 0.1) is 6.92 Å². The lowest BCUT2D eigenvalue weighted by Crippen LogP contribution is -2.16. The van der Waals surface area contributed by atoms with Gasteiger partial charge >= 0.3 is 0 Å². The molecule has 1 aliphatic rings. The highest BCUT2D eigenvalue weighted by atomic mass is 35.5. The van der Waals surface area contributed by atoms with Crippen LogP contribution >= 0.6 is 35.0 Å². The molecule has 1 aliphatic heterocycles. The Hall–Kier alpha value is -2.02. The molecule has 8 heteroatoms. The second kappa shape index (κ2) is 6.37. The van der Waals surface area contributed by atoms with Crippen molar-refractivity contribution in [2.24, 2.45) is 0 Å². The molecule has 2 aromatic heterocycles. The predicted octanol–water partition coefficient (Wildman–Crippen LogP) is 4.74. The summed E-state index contributed by atoms with van der Waals surface area (Å²) in [6.07, 6.45) is 1.54. The molecule has 0 unspecified atom stereocenters. The summed E-state index contributed by atoms with van der Waals surface area (Å²) in [6.45, 7) is 1.89. The monoisotopic (exact) mass is 390 g/mol. The number of nitrogens with zero attached hydrogens (tertiary/aromatic N) is 3. The maximum absolute atomic E-state index is 12.7. The third-order valence-corrected chi connectivity index (χ3v) is 5.36. The Morgan fingerprint density at radius 3 is 2.92 bits per heavy atom. The first-order valence-electron chi connectivity index (χ1n) is 7.47. The Kier molecular flexibility index (Phi) is 4.19. The highest BCUT2D eigenvalue weighted by Crippen LogP contribution is 2.38. The number of carbonyl (C=O) groups excluding carboxylic acids is 1. The van der Waals surface area contributed by atoms with Gasteiger partial charge < -0.3 is 5.32 Å². The number of imidazole rings is 1. The third-order valence-electron chi connectivity index (χ3n) is 3.87. The zero-order chi connectivity index (χ0) is 17.6. The lowest BCUT2D eigenvalue weighted by Gasteiger charge is -2.20. The van der Waals surface area contributed by atoms with Gasteiger partial charge in [0.2, 0.25) is 0 Å². The molecule has 0 aliphatic carbocycles.